The fraction of sp³-hybridized carbons (Fsp3) is 0.667. The van der Waals surface area contributed by atoms with E-state index in [1.807, 2.05) is 13.8 Å². The van der Waals surface area contributed by atoms with Gasteiger partial charge in [-0.3, -0.25) is 9.63 Å². The molecule has 0 aromatic carbocycles. The number of nitrogens with one attached hydrogen (secondary N) is 1. The summed E-state index contributed by atoms with van der Waals surface area (Å²) in [6.07, 6.45) is -1.31. The van der Waals surface area contributed by atoms with Crippen LogP contribution in [-0.4, -0.2) is 23.6 Å². The van der Waals surface area contributed by atoms with Crippen LogP contribution in [-0.2, 0) is 9.63 Å². The lowest BCUT2D eigenvalue weighted by molar-refractivity contribution is -0.123. The number of hydrogen-bond donors (Lipinski definition) is 2. The van der Waals surface area contributed by atoms with Gasteiger partial charge in [-0.2, -0.15) is 5.48 Å². The highest BCUT2D eigenvalue weighted by Gasteiger charge is 1.94. The van der Waals surface area contributed by atoms with Crippen molar-refractivity contribution in [3.05, 3.63) is 0 Å². The predicted octanol–water partition coefficient (Wildman–Crippen LogP) is 0.801. The first-order valence-electron chi connectivity index (χ1n) is 3.23. The molecule has 0 aliphatic carbocycles. The molecule has 0 saturated carbocycles. The maximum Gasteiger partial charge on any atom is 0.428 e. The highest BCUT2D eigenvalue weighted by Crippen LogP contribution is 1.69. The van der Waals surface area contributed by atoms with E-state index >= 15 is 0 Å². The first-order valence-corrected chi connectivity index (χ1v) is 3.23. The van der Waals surface area contributed by atoms with Crippen LogP contribution in [0.15, 0.2) is 0 Å². The normalized spacial score (nSPS) is 7.55. The Bertz CT molecular complexity index is 110. The van der Waals surface area contributed by atoms with Crippen molar-refractivity contribution >= 4 is 11.9 Å². The summed E-state index contributed by atoms with van der Waals surface area (Å²) in [7, 11) is 0. The van der Waals surface area contributed by atoms with Gasteiger partial charge in [0.2, 0.25) is 0 Å². The van der Waals surface area contributed by atoms with Crippen molar-refractivity contribution in [1.82, 2.24) is 5.48 Å². The second kappa shape index (κ2) is 8.90. The monoisotopic (exact) mass is 163 g/mol. The van der Waals surface area contributed by atoms with Crippen LogP contribution in [0.5, 0.6) is 0 Å². The van der Waals surface area contributed by atoms with Crippen molar-refractivity contribution in [2.75, 3.05) is 6.61 Å². The van der Waals surface area contributed by atoms with Gasteiger partial charge in [0.15, 0.2) is 5.78 Å². The fourth-order valence-electron chi connectivity index (χ4n) is 0.199. The zero-order valence-electron chi connectivity index (χ0n) is 6.88. The molecule has 11 heavy (non-hydrogen) atoms. The highest BCUT2D eigenvalue weighted by atomic mass is 16.7. The van der Waals surface area contributed by atoms with Crippen molar-refractivity contribution in [2.24, 2.45) is 0 Å². The number of carbonyl (C=O) groups is 2. The van der Waals surface area contributed by atoms with Gasteiger partial charge in [-0.25, -0.2) is 4.79 Å². The van der Waals surface area contributed by atoms with Crippen molar-refractivity contribution in [1.29, 1.82) is 0 Å². The third-order valence-electron chi connectivity index (χ3n) is 0.435. The lowest BCUT2D eigenvalue weighted by atomic mass is 10.5. The van der Waals surface area contributed by atoms with Gasteiger partial charge >= 0.3 is 6.09 Å². The second-order valence-electron chi connectivity index (χ2n) is 1.40. The molecule has 0 aromatic heterocycles. The summed E-state index contributed by atoms with van der Waals surface area (Å²) in [5, 5.41) is 7.88. The maximum absolute atomic E-state index is 10.1. The topological polar surface area (TPSA) is 75.6 Å². The Morgan fingerprint density at radius 3 is 2.18 bits per heavy atom. The third-order valence-corrected chi connectivity index (χ3v) is 0.435. The quantitative estimate of drug-likeness (QED) is 0.603. The Kier molecular flexibility index (Phi) is 10.2. The van der Waals surface area contributed by atoms with E-state index in [4.69, 9.17) is 5.11 Å². The standard InChI is InChI=1S/C4H7NO4.C2H6/c1-3(6)2-9-5-4(7)8;1-2/h5H,2H2,1H3,(H,7,8);1-2H3. The molecule has 0 heterocycles. The van der Waals surface area contributed by atoms with Crippen LogP contribution in [0.4, 0.5) is 4.79 Å². The minimum Gasteiger partial charge on any atom is -0.464 e. The largest absolute Gasteiger partial charge is 0.464 e. The summed E-state index contributed by atoms with van der Waals surface area (Å²) in [6, 6.07) is 0. The number of carbonyl (C=O) groups excluding carboxylic acids is 1. The smallest absolute Gasteiger partial charge is 0.428 e. The van der Waals surface area contributed by atoms with Gasteiger partial charge in [0.1, 0.15) is 6.61 Å². The number of ketones is 1. The lowest BCUT2D eigenvalue weighted by Gasteiger charge is -1.96. The molecule has 5 nitrogen and oxygen atoms in total. The van der Waals surface area contributed by atoms with E-state index in [1.54, 1.807) is 5.48 Å². The predicted molar refractivity (Wildman–Crippen MR) is 39.1 cm³/mol. The lowest BCUT2D eigenvalue weighted by Crippen LogP contribution is -2.23. The number of carboxylic acid groups (broad SMARTS) is 1. The number of rotatable bonds is 3. The van der Waals surface area contributed by atoms with Crippen LogP contribution in [0.3, 0.4) is 0 Å². The van der Waals surface area contributed by atoms with Gasteiger partial charge in [0.05, 0.1) is 0 Å². The minimum atomic E-state index is -1.31. The first kappa shape index (κ1) is 12.6. The molecule has 0 aliphatic heterocycles. The van der Waals surface area contributed by atoms with Gasteiger partial charge in [-0.1, -0.05) is 13.8 Å². The van der Waals surface area contributed by atoms with Crippen LogP contribution < -0.4 is 5.48 Å². The van der Waals surface area contributed by atoms with Gasteiger partial charge < -0.3 is 5.11 Å². The molecule has 0 fully saturated rings. The molecule has 0 aliphatic rings. The van der Waals surface area contributed by atoms with Crippen molar-refractivity contribution in [3.63, 3.8) is 0 Å². The summed E-state index contributed by atoms with van der Waals surface area (Å²) in [5.41, 5.74) is 1.57. The first-order chi connectivity index (χ1) is 5.13. The molecule has 0 rings (SSSR count). The molecular weight excluding hydrogens is 150 g/mol. The zero-order valence-corrected chi connectivity index (χ0v) is 6.88. The van der Waals surface area contributed by atoms with Gasteiger partial charge in [-0.15, -0.1) is 0 Å². The molecule has 5 heteroatoms. The molecule has 0 atom stereocenters. The zero-order chi connectivity index (χ0) is 9.28. The molecule has 0 unspecified atom stereocenters. The van der Waals surface area contributed by atoms with Gasteiger partial charge in [0.25, 0.3) is 0 Å². The molecule has 0 saturated heterocycles. The number of hydroxylamine groups is 1. The van der Waals surface area contributed by atoms with Crippen molar-refractivity contribution < 1.29 is 19.5 Å². The number of amides is 1. The van der Waals surface area contributed by atoms with Crippen LogP contribution in [0.1, 0.15) is 20.8 Å². The molecule has 0 spiro atoms. The van der Waals surface area contributed by atoms with E-state index in [-0.39, 0.29) is 12.4 Å². The van der Waals surface area contributed by atoms with E-state index in [0.29, 0.717) is 0 Å². The summed E-state index contributed by atoms with van der Waals surface area (Å²) < 4.78 is 0. The fourth-order valence-corrected chi connectivity index (χ4v) is 0.199. The van der Waals surface area contributed by atoms with Crippen LogP contribution in [0, 0.1) is 0 Å². The molecule has 66 valence electrons. The molecule has 1 amide bonds. The van der Waals surface area contributed by atoms with E-state index in [9.17, 15) is 9.59 Å². The van der Waals surface area contributed by atoms with E-state index in [0.717, 1.165) is 0 Å². The Balaban J connectivity index is 0. The second-order valence-corrected chi connectivity index (χ2v) is 1.40. The minimum absolute atomic E-state index is 0.230. The molecule has 0 radical (unpaired) electrons. The third kappa shape index (κ3) is 17.6. The highest BCUT2D eigenvalue weighted by molar-refractivity contribution is 5.76. The average molecular weight is 163 g/mol. The number of hydrogen-bond acceptors (Lipinski definition) is 3. The number of Topliss-reactive ketones (excluding diaryl/α,β-unsaturated/α-hetero) is 1. The average Bonchev–Trinajstić information content (AvgIpc) is 1.90. The maximum atomic E-state index is 10.1. The van der Waals surface area contributed by atoms with E-state index in [2.05, 4.69) is 4.84 Å². The van der Waals surface area contributed by atoms with Crippen molar-refractivity contribution in [3.8, 4) is 0 Å². The summed E-state index contributed by atoms with van der Waals surface area (Å²) >= 11 is 0. The van der Waals surface area contributed by atoms with Crippen LogP contribution in [0.2, 0.25) is 0 Å². The van der Waals surface area contributed by atoms with Crippen LogP contribution in [0.25, 0.3) is 0 Å². The summed E-state index contributed by atoms with van der Waals surface area (Å²) in [4.78, 5) is 23.9. The summed E-state index contributed by atoms with van der Waals surface area (Å²) in [5.74, 6) is -0.233. The van der Waals surface area contributed by atoms with Crippen molar-refractivity contribution in [2.45, 2.75) is 20.8 Å². The Morgan fingerprint density at radius 1 is 1.45 bits per heavy atom. The molecule has 2 N–H and O–H groups in total. The Labute approximate surface area is 65.3 Å². The Morgan fingerprint density at radius 2 is 1.91 bits per heavy atom. The van der Waals surface area contributed by atoms with Gasteiger partial charge in [-0.05, 0) is 6.92 Å². The van der Waals surface area contributed by atoms with Gasteiger partial charge in [0, 0.05) is 0 Å². The van der Waals surface area contributed by atoms with Crippen LogP contribution >= 0.6 is 0 Å². The molecule has 0 bridgehead atoms. The van der Waals surface area contributed by atoms with E-state index in [1.165, 1.54) is 6.92 Å². The summed E-state index contributed by atoms with van der Waals surface area (Å²) in [6.45, 7) is 5.07. The van der Waals surface area contributed by atoms with E-state index < -0.39 is 6.09 Å². The molecule has 0 aromatic rings. The molecular formula is C6H13NO4. The Hall–Kier alpha value is -1.10. The SMILES string of the molecule is CC.CC(=O)CONC(=O)O.